The van der Waals surface area contributed by atoms with E-state index in [0.717, 1.165) is 60.6 Å². The number of amides is 2. The van der Waals surface area contributed by atoms with Gasteiger partial charge in [0.1, 0.15) is 5.82 Å². The van der Waals surface area contributed by atoms with Gasteiger partial charge in [0.05, 0.1) is 5.52 Å². The second kappa shape index (κ2) is 13.6. The molecule has 2 N–H and O–H groups in total. The highest BCUT2D eigenvalue weighted by Crippen LogP contribution is 2.29. The second-order valence-electron chi connectivity index (χ2n) is 11.6. The third kappa shape index (κ3) is 7.96. The summed E-state index contributed by atoms with van der Waals surface area (Å²) < 4.78 is 0. The van der Waals surface area contributed by atoms with Gasteiger partial charge >= 0.3 is 0 Å². The number of aryl methyl sites for hydroxylation is 2. The van der Waals surface area contributed by atoms with Gasteiger partial charge in [-0.3, -0.25) is 9.59 Å². The van der Waals surface area contributed by atoms with Crippen LogP contribution in [0.3, 0.4) is 0 Å². The summed E-state index contributed by atoms with van der Waals surface area (Å²) >= 11 is 0. The van der Waals surface area contributed by atoms with Crippen LogP contribution in [0, 0.1) is 25.7 Å². The Morgan fingerprint density at radius 3 is 2.48 bits per heavy atom. The molecule has 3 aromatic rings. The van der Waals surface area contributed by atoms with Crippen LogP contribution in [0.15, 0.2) is 48.5 Å². The number of anilines is 3. The van der Waals surface area contributed by atoms with E-state index >= 15 is 0 Å². The van der Waals surface area contributed by atoms with E-state index in [-0.39, 0.29) is 24.7 Å². The Hall–Kier alpha value is -3.61. The number of aromatic nitrogens is 1. The molecule has 2 aromatic carbocycles. The number of carbonyl (C=O) groups excluding carboxylic acids is 2. The molecule has 1 saturated heterocycles. The molecule has 0 aliphatic carbocycles. The van der Waals surface area contributed by atoms with Gasteiger partial charge in [-0.05, 0) is 93.0 Å². The lowest BCUT2D eigenvalue weighted by Gasteiger charge is -2.36. The zero-order valence-corrected chi connectivity index (χ0v) is 24.8. The SMILES string of the molecule is CCN(CCCNC(=O)CCC(=O)Nc1ccc2nc(N3CC(C)CC(C)C3)cc(C)c2c1)c1cccc(C)c1. The maximum Gasteiger partial charge on any atom is 0.224 e. The highest BCUT2D eigenvalue weighted by atomic mass is 16.2. The smallest absolute Gasteiger partial charge is 0.224 e. The largest absolute Gasteiger partial charge is 0.372 e. The first-order valence-corrected chi connectivity index (χ1v) is 14.8. The summed E-state index contributed by atoms with van der Waals surface area (Å²) in [6.07, 6.45) is 2.43. The van der Waals surface area contributed by atoms with Gasteiger partial charge in [-0.1, -0.05) is 26.0 Å². The Labute approximate surface area is 239 Å². The molecule has 2 amide bonds. The normalized spacial score (nSPS) is 17.1. The molecule has 2 unspecified atom stereocenters. The molecule has 7 heteroatoms. The monoisotopic (exact) mass is 543 g/mol. The third-order valence-corrected chi connectivity index (χ3v) is 7.73. The molecule has 4 rings (SSSR count). The fraction of sp³-hybridized carbons (Fsp3) is 0.485. The molecule has 40 heavy (non-hydrogen) atoms. The minimum absolute atomic E-state index is 0.0961. The minimum Gasteiger partial charge on any atom is -0.372 e. The van der Waals surface area contributed by atoms with Crippen molar-refractivity contribution in [2.24, 2.45) is 11.8 Å². The van der Waals surface area contributed by atoms with Crippen LogP contribution in [-0.2, 0) is 9.59 Å². The van der Waals surface area contributed by atoms with E-state index in [1.54, 1.807) is 0 Å². The lowest BCUT2D eigenvalue weighted by atomic mass is 9.92. The number of hydrogen-bond acceptors (Lipinski definition) is 5. The van der Waals surface area contributed by atoms with Gasteiger partial charge in [0.15, 0.2) is 0 Å². The van der Waals surface area contributed by atoms with Crippen LogP contribution in [0.5, 0.6) is 0 Å². The molecule has 0 radical (unpaired) electrons. The molecule has 2 atom stereocenters. The van der Waals surface area contributed by atoms with Gasteiger partial charge in [-0.15, -0.1) is 0 Å². The van der Waals surface area contributed by atoms with Gasteiger partial charge in [0.2, 0.25) is 11.8 Å². The zero-order chi connectivity index (χ0) is 28.6. The number of fused-ring (bicyclic) bond motifs is 1. The summed E-state index contributed by atoms with van der Waals surface area (Å²) in [6, 6.07) is 16.5. The van der Waals surface area contributed by atoms with Crippen LogP contribution in [0.4, 0.5) is 17.2 Å². The maximum absolute atomic E-state index is 12.6. The molecule has 0 bridgehead atoms. The fourth-order valence-corrected chi connectivity index (χ4v) is 5.80. The number of nitrogens with one attached hydrogen (secondary N) is 2. The van der Waals surface area contributed by atoms with Crippen molar-refractivity contribution in [3.8, 4) is 0 Å². The number of benzene rings is 2. The van der Waals surface area contributed by atoms with E-state index in [1.807, 2.05) is 18.2 Å². The Morgan fingerprint density at radius 1 is 1.00 bits per heavy atom. The molecule has 1 aromatic heterocycles. The van der Waals surface area contributed by atoms with Gasteiger partial charge in [-0.25, -0.2) is 4.98 Å². The lowest BCUT2D eigenvalue weighted by Crippen LogP contribution is -2.39. The number of hydrogen-bond donors (Lipinski definition) is 2. The highest BCUT2D eigenvalue weighted by molar-refractivity contribution is 5.96. The first kappa shape index (κ1) is 29.4. The van der Waals surface area contributed by atoms with Gasteiger partial charge < -0.3 is 20.4 Å². The van der Waals surface area contributed by atoms with Crippen molar-refractivity contribution in [3.05, 3.63) is 59.7 Å². The Morgan fingerprint density at radius 2 is 1.75 bits per heavy atom. The number of nitrogens with zero attached hydrogens (tertiary/aromatic N) is 3. The summed E-state index contributed by atoms with van der Waals surface area (Å²) in [4.78, 5) is 34.6. The van der Waals surface area contributed by atoms with E-state index in [4.69, 9.17) is 4.98 Å². The molecule has 2 heterocycles. The van der Waals surface area contributed by atoms with Crippen molar-refractivity contribution in [2.45, 2.75) is 60.3 Å². The lowest BCUT2D eigenvalue weighted by molar-refractivity contribution is -0.124. The first-order chi connectivity index (χ1) is 19.2. The third-order valence-electron chi connectivity index (χ3n) is 7.73. The van der Waals surface area contributed by atoms with Gasteiger partial charge in [0, 0.05) is 62.3 Å². The summed E-state index contributed by atoms with van der Waals surface area (Å²) in [5.41, 5.74) is 5.25. The van der Waals surface area contributed by atoms with Crippen LogP contribution < -0.4 is 20.4 Å². The van der Waals surface area contributed by atoms with Crippen molar-refractivity contribution in [1.82, 2.24) is 10.3 Å². The molecule has 214 valence electrons. The summed E-state index contributed by atoms with van der Waals surface area (Å²) in [5, 5.41) is 6.94. The van der Waals surface area contributed by atoms with Crippen LogP contribution in [0.2, 0.25) is 0 Å². The molecule has 1 fully saturated rings. The van der Waals surface area contributed by atoms with Crippen molar-refractivity contribution in [1.29, 1.82) is 0 Å². The fourth-order valence-electron chi connectivity index (χ4n) is 5.80. The maximum atomic E-state index is 12.6. The number of pyridine rings is 1. The Balaban J connectivity index is 1.23. The van der Waals surface area contributed by atoms with Crippen LogP contribution >= 0.6 is 0 Å². The predicted octanol–water partition coefficient (Wildman–Crippen LogP) is 6.09. The zero-order valence-electron chi connectivity index (χ0n) is 24.8. The summed E-state index contributed by atoms with van der Waals surface area (Å²) in [7, 11) is 0. The van der Waals surface area contributed by atoms with Crippen LogP contribution in [0.1, 0.15) is 57.6 Å². The second-order valence-corrected chi connectivity index (χ2v) is 11.6. The van der Waals surface area contributed by atoms with E-state index in [0.29, 0.717) is 18.4 Å². The van der Waals surface area contributed by atoms with Crippen LogP contribution in [0.25, 0.3) is 10.9 Å². The van der Waals surface area contributed by atoms with E-state index in [1.165, 1.54) is 17.7 Å². The average Bonchev–Trinajstić information content (AvgIpc) is 2.91. The van der Waals surface area contributed by atoms with Crippen molar-refractivity contribution < 1.29 is 9.59 Å². The van der Waals surface area contributed by atoms with Gasteiger partial charge in [0.25, 0.3) is 0 Å². The Kier molecular flexibility index (Phi) is 10.0. The van der Waals surface area contributed by atoms with E-state index < -0.39 is 0 Å². The number of piperidine rings is 1. The molecule has 1 aliphatic rings. The van der Waals surface area contributed by atoms with E-state index in [2.05, 4.69) is 85.4 Å². The number of rotatable bonds is 11. The summed E-state index contributed by atoms with van der Waals surface area (Å²) in [5.74, 6) is 2.10. The summed E-state index contributed by atoms with van der Waals surface area (Å²) in [6.45, 7) is 15.4. The molecule has 7 nitrogen and oxygen atoms in total. The topological polar surface area (TPSA) is 77.6 Å². The molecule has 0 spiro atoms. The molecular weight excluding hydrogens is 498 g/mol. The average molecular weight is 544 g/mol. The predicted molar refractivity (Wildman–Crippen MR) is 166 cm³/mol. The van der Waals surface area contributed by atoms with Crippen molar-refractivity contribution >= 4 is 39.9 Å². The highest BCUT2D eigenvalue weighted by Gasteiger charge is 2.23. The van der Waals surface area contributed by atoms with E-state index in [9.17, 15) is 9.59 Å². The van der Waals surface area contributed by atoms with Crippen molar-refractivity contribution in [3.63, 3.8) is 0 Å². The quantitative estimate of drug-likeness (QED) is 0.286. The molecule has 0 saturated carbocycles. The molecular formula is C33H45N5O2. The molecule has 1 aliphatic heterocycles. The van der Waals surface area contributed by atoms with Gasteiger partial charge in [-0.2, -0.15) is 0 Å². The van der Waals surface area contributed by atoms with Crippen molar-refractivity contribution in [2.75, 3.05) is 47.8 Å². The standard InChI is InChI=1S/C33H45N5O2/c1-6-37(28-10-7-9-23(2)18-28)16-8-15-34-32(39)13-14-33(40)35-27-11-12-30-29(20-27)26(5)19-31(36-30)38-21-24(3)17-25(4)22-38/h7,9-12,18-20,24-25H,6,8,13-17,21-22H2,1-5H3,(H,34,39)(H,35,40). The Bertz CT molecular complexity index is 1310. The first-order valence-electron chi connectivity index (χ1n) is 14.8. The van der Waals surface area contributed by atoms with Crippen LogP contribution in [-0.4, -0.2) is 49.5 Å². The number of carbonyl (C=O) groups is 2. The minimum atomic E-state index is -0.162.